The molecule has 2 aromatic rings. The van der Waals surface area contributed by atoms with Crippen LogP contribution in [0.5, 0.6) is 0 Å². The van der Waals surface area contributed by atoms with Gasteiger partial charge in [0.15, 0.2) is 0 Å². The number of rotatable bonds is 3. The maximum atomic E-state index is 11.3. The average Bonchev–Trinajstić information content (AvgIpc) is 2.31. The van der Waals surface area contributed by atoms with Gasteiger partial charge in [-0.3, -0.25) is 4.79 Å². The number of hydrogen-bond donors (Lipinski definition) is 1. The molecular weight excluding hydrogens is 307 g/mol. The molecule has 0 aliphatic heterocycles. The molecule has 0 aliphatic carbocycles. The van der Waals surface area contributed by atoms with Crippen LogP contribution in [0.4, 0.5) is 0 Å². The molecule has 92 valence electrons. The Morgan fingerprint density at radius 3 is 1.44 bits per heavy atom. The third-order valence-corrected chi connectivity index (χ3v) is 2.51. The van der Waals surface area contributed by atoms with Crippen LogP contribution in [-0.2, 0) is 31.0 Å². The van der Waals surface area contributed by atoms with Crippen molar-refractivity contribution in [1.82, 2.24) is 0 Å². The van der Waals surface area contributed by atoms with Gasteiger partial charge in [-0.05, 0) is 11.1 Å². The Kier molecular flexibility index (Phi) is 7.41. The van der Waals surface area contributed by atoms with Gasteiger partial charge in [-0.2, -0.15) is 0 Å². The van der Waals surface area contributed by atoms with Crippen LogP contribution in [0.2, 0.25) is 0 Å². The zero-order valence-electron chi connectivity index (χ0n) is 9.71. The van der Waals surface area contributed by atoms with Gasteiger partial charge in [0.2, 0.25) is 0 Å². The minimum Gasteiger partial charge on any atom is -0.481 e. The molecule has 0 amide bonds. The average molecular weight is 321 g/mol. The molecule has 0 heterocycles. The van der Waals surface area contributed by atoms with Crippen molar-refractivity contribution in [2.24, 2.45) is 0 Å². The Balaban J connectivity index is 0.00000144. The molecule has 2 aromatic carbocycles. The summed E-state index contributed by atoms with van der Waals surface area (Å²) >= 11 is 0. The zero-order valence-corrected chi connectivity index (χ0v) is 12.2. The molecule has 0 saturated carbocycles. The van der Waals surface area contributed by atoms with E-state index in [1.807, 2.05) is 60.7 Å². The molecule has 4 heteroatoms. The largest absolute Gasteiger partial charge is 0.481 e. The number of carbonyl (C=O) groups is 1. The summed E-state index contributed by atoms with van der Waals surface area (Å²) in [5.41, 5.74) is 1.61. The van der Waals surface area contributed by atoms with E-state index < -0.39 is 11.9 Å². The van der Waals surface area contributed by atoms with Crippen molar-refractivity contribution in [2.45, 2.75) is 5.92 Å². The van der Waals surface area contributed by atoms with E-state index in [9.17, 15) is 9.90 Å². The molecular formula is C14H14O3Zr. The van der Waals surface area contributed by atoms with Crippen molar-refractivity contribution in [3.63, 3.8) is 0 Å². The van der Waals surface area contributed by atoms with E-state index in [0.29, 0.717) is 0 Å². The number of carboxylic acid groups (broad SMARTS) is 1. The van der Waals surface area contributed by atoms with Crippen LogP contribution in [0, 0.1) is 0 Å². The summed E-state index contributed by atoms with van der Waals surface area (Å²) in [6.45, 7) is 0. The SMILES string of the molecule is O.O=C(O)C(c1ccccc1)c1ccccc1.[Zr]. The fourth-order valence-corrected chi connectivity index (χ4v) is 1.77. The smallest absolute Gasteiger partial charge is 0.315 e. The third-order valence-electron chi connectivity index (χ3n) is 2.51. The summed E-state index contributed by atoms with van der Waals surface area (Å²) in [6, 6.07) is 18.5. The zero-order chi connectivity index (χ0) is 11.4. The molecule has 0 spiro atoms. The molecule has 0 radical (unpaired) electrons. The molecule has 0 atom stereocenters. The van der Waals surface area contributed by atoms with Crippen molar-refractivity contribution < 1.29 is 41.6 Å². The van der Waals surface area contributed by atoms with Crippen LogP contribution in [0.3, 0.4) is 0 Å². The molecule has 0 bridgehead atoms. The van der Waals surface area contributed by atoms with Gasteiger partial charge in [-0.1, -0.05) is 60.7 Å². The van der Waals surface area contributed by atoms with Crippen molar-refractivity contribution in [3.8, 4) is 0 Å². The van der Waals surface area contributed by atoms with E-state index >= 15 is 0 Å². The summed E-state index contributed by atoms with van der Waals surface area (Å²) in [5, 5.41) is 9.28. The first-order valence-electron chi connectivity index (χ1n) is 5.12. The van der Waals surface area contributed by atoms with E-state index in [4.69, 9.17) is 0 Å². The Labute approximate surface area is 125 Å². The second kappa shape index (κ2) is 7.96. The van der Waals surface area contributed by atoms with Crippen LogP contribution in [-0.4, -0.2) is 16.6 Å². The summed E-state index contributed by atoms with van der Waals surface area (Å²) in [5.74, 6) is -1.40. The fourth-order valence-electron chi connectivity index (χ4n) is 1.77. The number of hydrogen-bond acceptors (Lipinski definition) is 1. The van der Waals surface area contributed by atoms with Crippen LogP contribution < -0.4 is 0 Å². The van der Waals surface area contributed by atoms with E-state index in [0.717, 1.165) is 11.1 Å². The quantitative estimate of drug-likeness (QED) is 0.940. The monoisotopic (exact) mass is 320 g/mol. The van der Waals surface area contributed by atoms with Gasteiger partial charge in [-0.25, -0.2) is 0 Å². The predicted molar refractivity (Wildman–Crippen MR) is 66.0 cm³/mol. The van der Waals surface area contributed by atoms with Crippen LogP contribution >= 0.6 is 0 Å². The molecule has 0 fully saturated rings. The van der Waals surface area contributed by atoms with Crippen molar-refractivity contribution >= 4 is 5.97 Å². The van der Waals surface area contributed by atoms with Crippen molar-refractivity contribution in [1.29, 1.82) is 0 Å². The minimum absolute atomic E-state index is 0. The van der Waals surface area contributed by atoms with Crippen molar-refractivity contribution in [3.05, 3.63) is 71.8 Å². The van der Waals surface area contributed by atoms with Crippen LogP contribution in [0.15, 0.2) is 60.7 Å². The normalized spacial score (nSPS) is 9.17. The molecule has 3 N–H and O–H groups in total. The molecule has 0 aliphatic rings. The maximum Gasteiger partial charge on any atom is 0.315 e. The third kappa shape index (κ3) is 3.90. The van der Waals surface area contributed by atoms with Gasteiger partial charge in [0.05, 0.1) is 0 Å². The Morgan fingerprint density at radius 1 is 0.833 bits per heavy atom. The van der Waals surface area contributed by atoms with Crippen LogP contribution in [0.25, 0.3) is 0 Å². The fraction of sp³-hybridized carbons (Fsp3) is 0.0714. The van der Waals surface area contributed by atoms with Gasteiger partial charge in [0.25, 0.3) is 0 Å². The number of benzene rings is 2. The second-order valence-electron chi connectivity index (χ2n) is 3.59. The van der Waals surface area contributed by atoms with Gasteiger partial charge >= 0.3 is 5.97 Å². The van der Waals surface area contributed by atoms with Gasteiger partial charge in [0.1, 0.15) is 5.92 Å². The number of carboxylic acids is 1. The first-order valence-corrected chi connectivity index (χ1v) is 5.12. The van der Waals surface area contributed by atoms with E-state index in [-0.39, 0.29) is 31.7 Å². The minimum atomic E-state index is -0.822. The Hall–Kier alpha value is -1.25. The molecule has 0 unspecified atom stereocenters. The first kappa shape index (κ1) is 16.8. The Morgan fingerprint density at radius 2 is 1.17 bits per heavy atom. The summed E-state index contributed by atoms with van der Waals surface area (Å²) in [4.78, 5) is 11.3. The summed E-state index contributed by atoms with van der Waals surface area (Å²) in [7, 11) is 0. The molecule has 0 aromatic heterocycles. The van der Waals surface area contributed by atoms with Crippen LogP contribution in [0.1, 0.15) is 17.0 Å². The topological polar surface area (TPSA) is 68.8 Å². The van der Waals surface area contributed by atoms with Gasteiger partial charge in [-0.15, -0.1) is 0 Å². The van der Waals surface area contributed by atoms with E-state index in [1.165, 1.54) is 0 Å². The maximum absolute atomic E-state index is 11.3. The predicted octanol–water partition coefficient (Wildman–Crippen LogP) is 2.08. The van der Waals surface area contributed by atoms with Gasteiger partial charge < -0.3 is 10.6 Å². The standard InChI is InChI=1S/C14H12O2.H2O.Zr/c15-14(16)13(11-7-3-1-4-8-11)12-9-5-2-6-10-12;;/h1-10,13H,(H,15,16);1H2;. The molecule has 18 heavy (non-hydrogen) atoms. The number of aliphatic carboxylic acids is 1. The van der Waals surface area contributed by atoms with Gasteiger partial charge in [0, 0.05) is 26.2 Å². The summed E-state index contributed by atoms with van der Waals surface area (Å²) < 4.78 is 0. The summed E-state index contributed by atoms with van der Waals surface area (Å²) in [6.07, 6.45) is 0. The first-order chi connectivity index (χ1) is 7.79. The Bertz CT molecular complexity index is 431. The second-order valence-corrected chi connectivity index (χ2v) is 3.59. The van der Waals surface area contributed by atoms with E-state index in [1.54, 1.807) is 0 Å². The van der Waals surface area contributed by atoms with E-state index in [2.05, 4.69) is 0 Å². The molecule has 2 rings (SSSR count). The van der Waals surface area contributed by atoms with Crippen molar-refractivity contribution in [2.75, 3.05) is 0 Å². The molecule has 3 nitrogen and oxygen atoms in total. The molecule has 0 saturated heterocycles.